The minimum Gasteiger partial charge on any atom is -0.497 e. The summed E-state index contributed by atoms with van der Waals surface area (Å²) in [5.74, 6) is 1.39. The molecule has 2 aromatic rings. The molecule has 0 amide bonds. The Labute approximate surface area is 96.5 Å². The summed E-state index contributed by atoms with van der Waals surface area (Å²) in [4.78, 5) is 13.7. The second kappa shape index (κ2) is 4.40. The fourth-order valence-electron chi connectivity index (χ4n) is 1.38. The van der Waals surface area contributed by atoms with Gasteiger partial charge >= 0.3 is 4.87 Å². The SMILES string of the molecule is COc1cc(OC)cc(-c2csc(=O)[nH]2)c1. The van der Waals surface area contributed by atoms with E-state index >= 15 is 0 Å². The normalized spacial score (nSPS) is 10.1. The Bertz CT molecular complexity index is 522. The van der Waals surface area contributed by atoms with Gasteiger partial charge < -0.3 is 14.5 Å². The van der Waals surface area contributed by atoms with Gasteiger partial charge in [0.1, 0.15) is 11.5 Å². The maximum absolute atomic E-state index is 11.1. The molecule has 1 N–H and O–H groups in total. The molecule has 0 aliphatic carbocycles. The van der Waals surface area contributed by atoms with Gasteiger partial charge in [0.05, 0.1) is 19.9 Å². The molecule has 0 spiro atoms. The van der Waals surface area contributed by atoms with Crippen LogP contribution in [0, 0.1) is 0 Å². The quantitative estimate of drug-likeness (QED) is 0.889. The van der Waals surface area contributed by atoms with Crippen LogP contribution in [0.15, 0.2) is 28.4 Å². The highest BCUT2D eigenvalue weighted by Crippen LogP contribution is 2.28. The third-order valence-corrected chi connectivity index (χ3v) is 2.85. The summed E-state index contributed by atoms with van der Waals surface area (Å²) in [5, 5.41) is 1.77. The molecule has 0 saturated carbocycles. The van der Waals surface area contributed by atoms with Crippen molar-refractivity contribution < 1.29 is 9.47 Å². The molecule has 0 aliphatic rings. The van der Waals surface area contributed by atoms with Gasteiger partial charge in [0.25, 0.3) is 0 Å². The van der Waals surface area contributed by atoms with E-state index in [-0.39, 0.29) is 4.87 Å². The predicted molar refractivity (Wildman–Crippen MR) is 63.5 cm³/mol. The molecule has 0 unspecified atom stereocenters. The molecule has 2 rings (SSSR count). The van der Waals surface area contributed by atoms with Crippen LogP contribution in [-0.2, 0) is 0 Å². The van der Waals surface area contributed by atoms with Gasteiger partial charge in [0.2, 0.25) is 0 Å². The molecule has 1 aromatic carbocycles. The van der Waals surface area contributed by atoms with E-state index in [0.717, 1.165) is 22.6 Å². The lowest BCUT2D eigenvalue weighted by molar-refractivity contribution is 0.394. The van der Waals surface area contributed by atoms with Gasteiger partial charge in [0.15, 0.2) is 0 Å². The Morgan fingerprint density at radius 3 is 2.19 bits per heavy atom. The zero-order valence-corrected chi connectivity index (χ0v) is 9.76. The van der Waals surface area contributed by atoms with Gasteiger partial charge in [0, 0.05) is 17.0 Å². The number of aromatic amines is 1. The first-order chi connectivity index (χ1) is 7.72. The molecule has 0 saturated heterocycles. The number of H-pyrrole nitrogens is 1. The molecule has 5 heteroatoms. The second-order valence-corrected chi connectivity index (χ2v) is 4.01. The van der Waals surface area contributed by atoms with Crippen LogP contribution in [0.2, 0.25) is 0 Å². The number of hydrogen-bond donors (Lipinski definition) is 1. The maximum atomic E-state index is 11.1. The molecule has 4 nitrogen and oxygen atoms in total. The van der Waals surface area contributed by atoms with E-state index < -0.39 is 0 Å². The zero-order valence-electron chi connectivity index (χ0n) is 8.94. The van der Waals surface area contributed by atoms with Crippen LogP contribution in [0.25, 0.3) is 11.3 Å². The van der Waals surface area contributed by atoms with Gasteiger partial charge in [-0.05, 0) is 12.1 Å². The van der Waals surface area contributed by atoms with Crippen LogP contribution in [0.4, 0.5) is 0 Å². The lowest BCUT2D eigenvalue weighted by Gasteiger charge is -2.06. The highest BCUT2D eigenvalue weighted by atomic mass is 32.1. The summed E-state index contributed by atoms with van der Waals surface area (Å²) < 4.78 is 10.3. The third-order valence-electron chi connectivity index (χ3n) is 2.18. The minimum absolute atomic E-state index is 0.0724. The fraction of sp³-hybridized carbons (Fsp3) is 0.182. The van der Waals surface area contributed by atoms with Crippen molar-refractivity contribution in [2.75, 3.05) is 14.2 Å². The first-order valence-electron chi connectivity index (χ1n) is 4.64. The van der Waals surface area contributed by atoms with E-state index in [2.05, 4.69) is 4.98 Å². The minimum atomic E-state index is -0.0724. The number of benzene rings is 1. The molecule has 84 valence electrons. The lowest BCUT2D eigenvalue weighted by Crippen LogP contribution is -1.93. The summed E-state index contributed by atoms with van der Waals surface area (Å²) in [6, 6.07) is 5.48. The Kier molecular flexibility index (Phi) is 2.96. The van der Waals surface area contributed by atoms with E-state index in [9.17, 15) is 4.79 Å². The summed E-state index contributed by atoms with van der Waals surface area (Å²) in [6.45, 7) is 0. The Morgan fingerprint density at radius 2 is 1.75 bits per heavy atom. The highest BCUT2D eigenvalue weighted by molar-refractivity contribution is 7.07. The Balaban J connectivity index is 2.51. The van der Waals surface area contributed by atoms with Crippen molar-refractivity contribution in [3.63, 3.8) is 0 Å². The monoisotopic (exact) mass is 237 g/mol. The van der Waals surface area contributed by atoms with E-state index in [4.69, 9.17) is 9.47 Å². The van der Waals surface area contributed by atoms with Crippen LogP contribution in [0.5, 0.6) is 11.5 Å². The van der Waals surface area contributed by atoms with Crippen molar-refractivity contribution >= 4 is 11.3 Å². The van der Waals surface area contributed by atoms with E-state index in [0.29, 0.717) is 11.5 Å². The number of nitrogens with one attached hydrogen (secondary N) is 1. The van der Waals surface area contributed by atoms with Crippen molar-refractivity contribution in [3.05, 3.63) is 33.2 Å². The standard InChI is InChI=1S/C11H11NO3S/c1-14-8-3-7(4-9(5-8)15-2)10-6-16-11(13)12-10/h3-6H,1-2H3,(H,12,13). The van der Waals surface area contributed by atoms with Crippen molar-refractivity contribution in [2.24, 2.45) is 0 Å². The number of hydrogen-bond acceptors (Lipinski definition) is 4. The van der Waals surface area contributed by atoms with Gasteiger partial charge in [-0.1, -0.05) is 11.3 Å². The van der Waals surface area contributed by atoms with Gasteiger partial charge in [-0.15, -0.1) is 0 Å². The molecule has 0 bridgehead atoms. The first kappa shape index (κ1) is 10.8. The maximum Gasteiger partial charge on any atom is 0.304 e. The topological polar surface area (TPSA) is 51.3 Å². The second-order valence-electron chi connectivity index (χ2n) is 3.16. The number of methoxy groups -OCH3 is 2. The zero-order chi connectivity index (χ0) is 11.5. The van der Waals surface area contributed by atoms with E-state index in [1.807, 2.05) is 12.1 Å². The highest BCUT2D eigenvalue weighted by Gasteiger charge is 2.05. The average molecular weight is 237 g/mol. The van der Waals surface area contributed by atoms with Crippen molar-refractivity contribution in [2.45, 2.75) is 0 Å². The molecule has 0 fully saturated rings. The summed E-state index contributed by atoms with van der Waals surface area (Å²) >= 11 is 1.13. The van der Waals surface area contributed by atoms with Crippen LogP contribution >= 0.6 is 11.3 Å². The van der Waals surface area contributed by atoms with Crippen LogP contribution in [0.3, 0.4) is 0 Å². The van der Waals surface area contributed by atoms with Gasteiger partial charge in [-0.2, -0.15) is 0 Å². The van der Waals surface area contributed by atoms with Crippen LogP contribution in [0.1, 0.15) is 0 Å². The smallest absolute Gasteiger partial charge is 0.304 e. The van der Waals surface area contributed by atoms with Crippen LogP contribution < -0.4 is 14.3 Å². The third kappa shape index (κ3) is 2.09. The predicted octanol–water partition coefficient (Wildman–Crippen LogP) is 2.12. The summed E-state index contributed by atoms with van der Waals surface area (Å²) in [6.07, 6.45) is 0. The van der Waals surface area contributed by atoms with Crippen LogP contribution in [-0.4, -0.2) is 19.2 Å². The fourth-order valence-corrected chi connectivity index (χ4v) is 1.97. The summed E-state index contributed by atoms with van der Waals surface area (Å²) in [7, 11) is 3.18. The number of rotatable bonds is 3. The van der Waals surface area contributed by atoms with Gasteiger partial charge in [-0.3, -0.25) is 4.79 Å². The summed E-state index contributed by atoms with van der Waals surface area (Å²) in [5.41, 5.74) is 1.64. The molecular weight excluding hydrogens is 226 g/mol. The molecule has 0 aliphatic heterocycles. The van der Waals surface area contributed by atoms with Crippen molar-refractivity contribution in [1.82, 2.24) is 4.98 Å². The number of aromatic nitrogens is 1. The largest absolute Gasteiger partial charge is 0.497 e. The molecule has 0 atom stereocenters. The van der Waals surface area contributed by atoms with Crippen molar-refractivity contribution in [1.29, 1.82) is 0 Å². The molecule has 0 radical (unpaired) electrons. The Morgan fingerprint density at radius 1 is 1.12 bits per heavy atom. The number of ether oxygens (including phenoxy) is 2. The first-order valence-corrected chi connectivity index (χ1v) is 5.52. The average Bonchev–Trinajstić information content (AvgIpc) is 2.75. The molecule has 1 heterocycles. The molecule has 16 heavy (non-hydrogen) atoms. The van der Waals surface area contributed by atoms with E-state index in [1.165, 1.54) is 0 Å². The van der Waals surface area contributed by atoms with Gasteiger partial charge in [-0.25, -0.2) is 0 Å². The molecule has 1 aromatic heterocycles. The molecular formula is C11H11NO3S. The number of thiazole rings is 1. The van der Waals surface area contributed by atoms with Crippen molar-refractivity contribution in [3.8, 4) is 22.8 Å². The Hall–Kier alpha value is -1.75. The van der Waals surface area contributed by atoms with E-state index in [1.54, 1.807) is 25.7 Å². The lowest BCUT2D eigenvalue weighted by atomic mass is 10.1.